The predicted molar refractivity (Wildman–Crippen MR) is 91.3 cm³/mol. The summed E-state index contributed by atoms with van der Waals surface area (Å²) in [6.45, 7) is 3.33. The summed E-state index contributed by atoms with van der Waals surface area (Å²) in [5.41, 5.74) is 1.67. The van der Waals surface area contributed by atoms with E-state index in [4.69, 9.17) is 5.26 Å². The van der Waals surface area contributed by atoms with Crippen LogP contribution in [0.2, 0.25) is 0 Å². The molecule has 0 unspecified atom stereocenters. The number of rotatable bonds is 5. The molecule has 1 heterocycles. The Morgan fingerprint density at radius 1 is 1.26 bits per heavy atom. The average molecular weight is 379 g/mol. The largest absolute Gasteiger partial charge is 0.573 e. The molecule has 0 fully saturated rings. The van der Waals surface area contributed by atoms with Gasteiger partial charge < -0.3 is 15.0 Å². The van der Waals surface area contributed by atoms with E-state index in [1.54, 1.807) is 13.8 Å². The number of nitrogens with zero attached hydrogens (tertiary/aromatic N) is 1. The van der Waals surface area contributed by atoms with E-state index in [0.29, 0.717) is 28.9 Å². The van der Waals surface area contributed by atoms with Crippen LogP contribution in [-0.2, 0) is 11.2 Å². The average Bonchev–Trinajstić information content (AvgIpc) is 2.55. The molecule has 2 rings (SSSR count). The van der Waals surface area contributed by atoms with E-state index in [2.05, 4.69) is 15.0 Å². The van der Waals surface area contributed by atoms with Gasteiger partial charge in [-0.1, -0.05) is 0 Å². The van der Waals surface area contributed by atoms with Crippen molar-refractivity contribution in [2.75, 3.05) is 5.32 Å². The van der Waals surface area contributed by atoms with E-state index >= 15 is 0 Å². The fourth-order valence-electron chi connectivity index (χ4n) is 2.62. The molecule has 0 radical (unpaired) electrons. The number of halogens is 3. The molecule has 0 atom stereocenters. The van der Waals surface area contributed by atoms with E-state index in [1.807, 2.05) is 6.07 Å². The summed E-state index contributed by atoms with van der Waals surface area (Å²) in [4.78, 5) is 26.4. The number of aryl methyl sites for hydroxylation is 1. The number of aromatic amines is 1. The first-order chi connectivity index (χ1) is 12.6. The summed E-state index contributed by atoms with van der Waals surface area (Å²) in [7, 11) is 0. The van der Waals surface area contributed by atoms with Gasteiger partial charge in [-0.25, -0.2) is 0 Å². The second-order valence-corrected chi connectivity index (χ2v) is 5.79. The molecule has 2 N–H and O–H groups in total. The Morgan fingerprint density at radius 2 is 1.89 bits per heavy atom. The van der Waals surface area contributed by atoms with Gasteiger partial charge in [0.25, 0.3) is 5.56 Å². The van der Waals surface area contributed by atoms with Crippen LogP contribution in [0, 0.1) is 25.2 Å². The first kappa shape index (κ1) is 20.0. The number of ether oxygens (including phenoxy) is 1. The van der Waals surface area contributed by atoms with Gasteiger partial charge in [-0.15, -0.1) is 13.2 Å². The molecule has 0 aliphatic heterocycles. The third kappa shape index (κ3) is 5.34. The van der Waals surface area contributed by atoms with E-state index in [1.165, 1.54) is 12.1 Å². The SMILES string of the molecule is Cc1[nH]c(=O)c(C#N)c(C)c1CCC(=O)Nc1ccc(OC(F)(F)F)cc1. The normalized spacial score (nSPS) is 11.0. The third-order valence-corrected chi connectivity index (χ3v) is 3.89. The van der Waals surface area contributed by atoms with Crippen LogP contribution >= 0.6 is 0 Å². The molecule has 0 saturated carbocycles. The number of carbonyl (C=O) groups is 1. The van der Waals surface area contributed by atoms with Crippen molar-refractivity contribution in [2.45, 2.75) is 33.1 Å². The highest BCUT2D eigenvalue weighted by molar-refractivity contribution is 5.90. The molecular formula is C18H16F3N3O3. The fraction of sp³-hybridized carbons (Fsp3) is 0.278. The standard InChI is InChI=1S/C18H16F3N3O3/c1-10-14(11(2)23-17(26)15(10)9-22)7-8-16(25)24-12-3-5-13(6-4-12)27-18(19,20)21/h3-6H,7-8H2,1-2H3,(H,23,26)(H,24,25). The van der Waals surface area contributed by atoms with Crippen molar-refractivity contribution >= 4 is 11.6 Å². The fourth-order valence-corrected chi connectivity index (χ4v) is 2.62. The number of nitriles is 1. The van der Waals surface area contributed by atoms with Crippen LogP contribution in [0.3, 0.4) is 0 Å². The number of aromatic nitrogens is 1. The van der Waals surface area contributed by atoms with Crippen LogP contribution in [0.25, 0.3) is 0 Å². The topological polar surface area (TPSA) is 95.0 Å². The molecule has 6 nitrogen and oxygen atoms in total. The van der Waals surface area contributed by atoms with Crippen LogP contribution < -0.4 is 15.6 Å². The minimum absolute atomic E-state index is 0.0104. The van der Waals surface area contributed by atoms with E-state index in [0.717, 1.165) is 12.1 Å². The van der Waals surface area contributed by atoms with E-state index < -0.39 is 11.9 Å². The van der Waals surface area contributed by atoms with Crippen molar-refractivity contribution in [2.24, 2.45) is 0 Å². The Morgan fingerprint density at radius 3 is 2.44 bits per heavy atom. The Bertz CT molecular complexity index is 942. The molecule has 0 bridgehead atoms. The monoisotopic (exact) mass is 379 g/mol. The number of hydrogen-bond acceptors (Lipinski definition) is 4. The predicted octanol–water partition coefficient (Wildman–Crippen LogP) is 3.33. The molecule has 142 valence electrons. The lowest BCUT2D eigenvalue weighted by molar-refractivity contribution is -0.274. The molecular weight excluding hydrogens is 363 g/mol. The zero-order valence-electron chi connectivity index (χ0n) is 14.5. The van der Waals surface area contributed by atoms with Crippen LogP contribution in [0.1, 0.15) is 28.8 Å². The molecule has 0 aliphatic carbocycles. The van der Waals surface area contributed by atoms with Crippen molar-refractivity contribution in [3.8, 4) is 11.8 Å². The third-order valence-electron chi connectivity index (χ3n) is 3.89. The number of nitrogens with one attached hydrogen (secondary N) is 2. The molecule has 0 spiro atoms. The number of benzene rings is 1. The Hall–Kier alpha value is -3.28. The molecule has 0 aliphatic rings. The van der Waals surface area contributed by atoms with Crippen molar-refractivity contribution in [1.82, 2.24) is 4.98 Å². The van der Waals surface area contributed by atoms with Crippen molar-refractivity contribution in [3.63, 3.8) is 0 Å². The molecule has 1 amide bonds. The lowest BCUT2D eigenvalue weighted by Crippen LogP contribution is -2.18. The number of amides is 1. The summed E-state index contributed by atoms with van der Waals surface area (Å²) < 4.78 is 40.1. The number of pyridine rings is 1. The minimum atomic E-state index is -4.78. The summed E-state index contributed by atoms with van der Waals surface area (Å²) in [6.07, 6.45) is -4.41. The molecule has 1 aromatic carbocycles. The van der Waals surface area contributed by atoms with Gasteiger partial charge in [0.05, 0.1) is 0 Å². The minimum Gasteiger partial charge on any atom is -0.406 e. The zero-order chi connectivity index (χ0) is 20.2. The van der Waals surface area contributed by atoms with E-state index in [-0.39, 0.29) is 23.6 Å². The van der Waals surface area contributed by atoms with Crippen LogP contribution in [0.5, 0.6) is 5.75 Å². The second kappa shape index (κ2) is 7.95. The number of alkyl halides is 3. The van der Waals surface area contributed by atoms with E-state index in [9.17, 15) is 22.8 Å². The van der Waals surface area contributed by atoms with Gasteiger partial charge in [0.15, 0.2) is 0 Å². The van der Waals surface area contributed by atoms with Crippen LogP contribution in [-0.4, -0.2) is 17.3 Å². The maximum absolute atomic E-state index is 12.1. The van der Waals surface area contributed by atoms with Gasteiger partial charge in [0, 0.05) is 17.8 Å². The Labute approximate surface area is 152 Å². The first-order valence-electron chi connectivity index (χ1n) is 7.89. The highest BCUT2D eigenvalue weighted by atomic mass is 19.4. The lowest BCUT2D eigenvalue weighted by atomic mass is 9.99. The molecule has 27 heavy (non-hydrogen) atoms. The smallest absolute Gasteiger partial charge is 0.406 e. The maximum Gasteiger partial charge on any atom is 0.573 e. The number of carbonyl (C=O) groups excluding carboxylic acids is 1. The molecule has 0 saturated heterocycles. The Kier molecular flexibility index (Phi) is 5.90. The van der Waals surface area contributed by atoms with Crippen LogP contribution in [0.15, 0.2) is 29.1 Å². The highest BCUT2D eigenvalue weighted by Crippen LogP contribution is 2.24. The summed E-state index contributed by atoms with van der Waals surface area (Å²) in [5.74, 6) is -0.744. The van der Waals surface area contributed by atoms with Gasteiger partial charge in [-0.05, 0) is 55.7 Å². The van der Waals surface area contributed by atoms with Gasteiger partial charge in [0.2, 0.25) is 5.91 Å². The number of hydrogen-bond donors (Lipinski definition) is 2. The van der Waals surface area contributed by atoms with Gasteiger partial charge in [-0.2, -0.15) is 5.26 Å². The lowest BCUT2D eigenvalue weighted by Gasteiger charge is -2.12. The maximum atomic E-state index is 12.1. The highest BCUT2D eigenvalue weighted by Gasteiger charge is 2.30. The first-order valence-corrected chi connectivity index (χ1v) is 7.89. The van der Waals surface area contributed by atoms with Crippen molar-refractivity contribution in [1.29, 1.82) is 5.26 Å². The van der Waals surface area contributed by atoms with Gasteiger partial charge in [0.1, 0.15) is 17.4 Å². The van der Waals surface area contributed by atoms with Gasteiger partial charge >= 0.3 is 6.36 Å². The van der Waals surface area contributed by atoms with Crippen molar-refractivity contribution < 1.29 is 22.7 Å². The van der Waals surface area contributed by atoms with Crippen molar-refractivity contribution in [3.05, 3.63) is 57.0 Å². The number of H-pyrrole nitrogens is 1. The zero-order valence-corrected chi connectivity index (χ0v) is 14.5. The quantitative estimate of drug-likeness (QED) is 0.833. The second-order valence-electron chi connectivity index (χ2n) is 5.79. The number of anilines is 1. The molecule has 9 heteroatoms. The molecule has 1 aromatic heterocycles. The summed E-state index contributed by atoms with van der Waals surface area (Å²) in [5, 5.41) is 11.6. The van der Waals surface area contributed by atoms with Gasteiger partial charge in [-0.3, -0.25) is 9.59 Å². The molecule has 2 aromatic rings. The van der Waals surface area contributed by atoms with Crippen LogP contribution in [0.4, 0.5) is 18.9 Å². The Balaban J connectivity index is 2.01. The summed E-state index contributed by atoms with van der Waals surface area (Å²) >= 11 is 0. The summed E-state index contributed by atoms with van der Waals surface area (Å²) in [6, 6.07) is 6.63.